The molecular weight excluding hydrogens is 166 g/mol. The molecule has 74 valence electrons. The first-order valence-corrected chi connectivity index (χ1v) is 5.38. The minimum Gasteiger partial charge on any atom is -0.393 e. The highest BCUT2D eigenvalue weighted by Gasteiger charge is 2.45. The van der Waals surface area contributed by atoms with Gasteiger partial charge in [0, 0.05) is 12.1 Å². The van der Waals surface area contributed by atoms with E-state index in [1.54, 1.807) is 0 Å². The Labute approximate surface area is 78.7 Å². The molecule has 0 aromatic heterocycles. The maximum Gasteiger partial charge on any atom is 0.0645 e. The van der Waals surface area contributed by atoms with Gasteiger partial charge in [0.2, 0.25) is 0 Å². The molecule has 3 heteroatoms. The van der Waals surface area contributed by atoms with Gasteiger partial charge >= 0.3 is 0 Å². The summed E-state index contributed by atoms with van der Waals surface area (Å²) in [5, 5.41) is 9.62. The first-order chi connectivity index (χ1) is 6.34. The lowest BCUT2D eigenvalue weighted by Gasteiger charge is -2.45. The lowest BCUT2D eigenvalue weighted by Crippen LogP contribution is -2.57. The highest BCUT2D eigenvalue weighted by Crippen LogP contribution is 2.38. The number of hydrogen-bond acceptors (Lipinski definition) is 3. The number of ether oxygens (including phenoxy) is 1. The van der Waals surface area contributed by atoms with E-state index in [4.69, 9.17) is 4.74 Å². The second kappa shape index (κ2) is 2.94. The van der Waals surface area contributed by atoms with Crippen LogP contribution in [0.5, 0.6) is 0 Å². The zero-order valence-electron chi connectivity index (χ0n) is 7.85. The van der Waals surface area contributed by atoms with Crippen LogP contribution < -0.4 is 0 Å². The van der Waals surface area contributed by atoms with Gasteiger partial charge in [-0.05, 0) is 25.7 Å². The van der Waals surface area contributed by atoms with E-state index in [1.807, 2.05) is 0 Å². The highest BCUT2D eigenvalue weighted by atomic mass is 16.5. The van der Waals surface area contributed by atoms with Gasteiger partial charge in [-0.25, -0.2) is 0 Å². The third-order valence-electron chi connectivity index (χ3n) is 3.81. The fraction of sp³-hybridized carbons (Fsp3) is 1.00. The summed E-state index contributed by atoms with van der Waals surface area (Å²) in [6.07, 6.45) is 4.53. The van der Waals surface area contributed by atoms with E-state index in [0.717, 1.165) is 26.1 Å². The second-order valence-electron chi connectivity index (χ2n) is 4.65. The van der Waals surface area contributed by atoms with Crippen LogP contribution >= 0.6 is 0 Å². The van der Waals surface area contributed by atoms with Crippen molar-refractivity contribution < 1.29 is 9.84 Å². The van der Waals surface area contributed by atoms with Gasteiger partial charge in [0.1, 0.15) is 0 Å². The molecule has 0 radical (unpaired) electrons. The number of hydrogen-bond donors (Lipinski definition) is 1. The first-order valence-electron chi connectivity index (χ1n) is 5.38. The molecule has 3 nitrogen and oxygen atoms in total. The summed E-state index contributed by atoms with van der Waals surface area (Å²) in [4.78, 5) is 2.62. The van der Waals surface area contributed by atoms with E-state index >= 15 is 0 Å². The molecule has 2 bridgehead atoms. The van der Waals surface area contributed by atoms with Crippen LogP contribution in [0.3, 0.4) is 0 Å². The average molecular weight is 183 g/mol. The molecule has 0 aliphatic carbocycles. The Morgan fingerprint density at radius 1 is 1.00 bits per heavy atom. The molecule has 3 heterocycles. The lowest BCUT2D eigenvalue weighted by atomic mass is 9.97. The van der Waals surface area contributed by atoms with E-state index in [-0.39, 0.29) is 6.10 Å². The van der Waals surface area contributed by atoms with E-state index in [0.29, 0.717) is 18.1 Å². The molecule has 2 unspecified atom stereocenters. The van der Waals surface area contributed by atoms with Crippen LogP contribution in [-0.4, -0.2) is 47.4 Å². The monoisotopic (exact) mass is 183 g/mol. The normalized spacial score (nSPS) is 46.4. The predicted molar refractivity (Wildman–Crippen MR) is 48.5 cm³/mol. The van der Waals surface area contributed by atoms with Crippen molar-refractivity contribution in [1.29, 1.82) is 0 Å². The van der Waals surface area contributed by atoms with E-state index in [9.17, 15) is 5.11 Å². The third-order valence-corrected chi connectivity index (χ3v) is 3.81. The lowest BCUT2D eigenvalue weighted by molar-refractivity contribution is -0.104. The molecule has 3 fully saturated rings. The van der Waals surface area contributed by atoms with Gasteiger partial charge < -0.3 is 9.84 Å². The Bertz CT molecular complexity index is 191. The molecule has 0 aromatic carbocycles. The number of piperidine rings is 1. The van der Waals surface area contributed by atoms with Crippen molar-refractivity contribution >= 4 is 0 Å². The van der Waals surface area contributed by atoms with Crippen LogP contribution in [0.15, 0.2) is 0 Å². The molecule has 3 aliphatic heterocycles. The maximum atomic E-state index is 9.62. The molecule has 1 N–H and O–H groups in total. The smallest absolute Gasteiger partial charge is 0.0645 e. The van der Waals surface area contributed by atoms with Crippen molar-refractivity contribution in [2.45, 2.75) is 49.9 Å². The van der Waals surface area contributed by atoms with Crippen molar-refractivity contribution in [3.8, 4) is 0 Å². The molecular formula is C10H17NO2. The highest BCUT2D eigenvalue weighted by molar-refractivity contribution is 4.99. The van der Waals surface area contributed by atoms with Crippen molar-refractivity contribution in [2.75, 3.05) is 13.2 Å². The molecule has 3 saturated heterocycles. The average Bonchev–Trinajstić information content (AvgIpc) is 2.30. The summed E-state index contributed by atoms with van der Waals surface area (Å²) in [6, 6.07) is 1.98. The van der Waals surface area contributed by atoms with Gasteiger partial charge in [0.05, 0.1) is 25.4 Å². The molecule has 2 atom stereocenters. The SMILES string of the molecule is OC1CC2CCC(C1)N2C1COC1. The number of fused-ring (bicyclic) bond motifs is 2. The van der Waals surface area contributed by atoms with Gasteiger partial charge in [-0.2, -0.15) is 0 Å². The third kappa shape index (κ3) is 1.22. The molecule has 3 rings (SSSR count). The van der Waals surface area contributed by atoms with E-state index in [2.05, 4.69) is 4.90 Å². The standard InChI is InChI=1S/C10H17NO2/c12-10-3-7-1-2-8(4-10)11(7)9-5-13-6-9/h7-10,12H,1-6H2. The largest absolute Gasteiger partial charge is 0.393 e. The fourth-order valence-electron chi connectivity index (χ4n) is 3.18. The van der Waals surface area contributed by atoms with Crippen LogP contribution in [0.25, 0.3) is 0 Å². The first kappa shape index (κ1) is 8.21. The van der Waals surface area contributed by atoms with Crippen molar-refractivity contribution in [3.63, 3.8) is 0 Å². The minimum absolute atomic E-state index is 0.0326. The van der Waals surface area contributed by atoms with Gasteiger partial charge in [-0.15, -0.1) is 0 Å². The van der Waals surface area contributed by atoms with Crippen LogP contribution in [0.1, 0.15) is 25.7 Å². The molecule has 0 aromatic rings. The summed E-state index contributed by atoms with van der Waals surface area (Å²) in [5.74, 6) is 0. The molecule has 0 saturated carbocycles. The Morgan fingerprint density at radius 3 is 2.08 bits per heavy atom. The van der Waals surface area contributed by atoms with Crippen molar-refractivity contribution in [3.05, 3.63) is 0 Å². The van der Waals surface area contributed by atoms with E-state index in [1.165, 1.54) is 12.8 Å². The molecule has 0 amide bonds. The summed E-state index contributed by atoms with van der Waals surface area (Å²) in [6.45, 7) is 1.84. The predicted octanol–water partition coefficient (Wildman–Crippen LogP) is 0.373. The van der Waals surface area contributed by atoms with Crippen LogP contribution in [-0.2, 0) is 4.74 Å². The molecule has 3 aliphatic rings. The summed E-state index contributed by atoms with van der Waals surface area (Å²) < 4.78 is 5.24. The van der Waals surface area contributed by atoms with Crippen LogP contribution in [0.4, 0.5) is 0 Å². The van der Waals surface area contributed by atoms with Gasteiger partial charge in [-0.3, -0.25) is 4.90 Å². The van der Waals surface area contributed by atoms with Gasteiger partial charge in [-0.1, -0.05) is 0 Å². The summed E-state index contributed by atoms with van der Waals surface area (Å²) in [5.41, 5.74) is 0. The summed E-state index contributed by atoms with van der Waals surface area (Å²) in [7, 11) is 0. The minimum atomic E-state index is -0.0326. The maximum absolute atomic E-state index is 9.62. The molecule has 0 spiro atoms. The summed E-state index contributed by atoms with van der Waals surface area (Å²) >= 11 is 0. The Balaban J connectivity index is 1.74. The Hall–Kier alpha value is -0.120. The molecule has 13 heavy (non-hydrogen) atoms. The van der Waals surface area contributed by atoms with Crippen molar-refractivity contribution in [2.24, 2.45) is 0 Å². The van der Waals surface area contributed by atoms with Gasteiger partial charge in [0.25, 0.3) is 0 Å². The Kier molecular flexibility index (Phi) is 1.86. The van der Waals surface area contributed by atoms with E-state index < -0.39 is 0 Å². The van der Waals surface area contributed by atoms with Crippen LogP contribution in [0.2, 0.25) is 0 Å². The number of aliphatic hydroxyl groups excluding tert-OH is 1. The Morgan fingerprint density at radius 2 is 1.62 bits per heavy atom. The number of nitrogens with zero attached hydrogens (tertiary/aromatic N) is 1. The quantitative estimate of drug-likeness (QED) is 0.637. The van der Waals surface area contributed by atoms with Crippen LogP contribution in [0, 0.1) is 0 Å². The van der Waals surface area contributed by atoms with Gasteiger partial charge in [0.15, 0.2) is 0 Å². The zero-order valence-corrected chi connectivity index (χ0v) is 7.85. The fourth-order valence-corrected chi connectivity index (χ4v) is 3.18. The van der Waals surface area contributed by atoms with Crippen molar-refractivity contribution in [1.82, 2.24) is 4.90 Å². The number of rotatable bonds is 1. The second-order valence-corrected chi connectivity index (χ2v) is 4.65. The zero-order chi connectivity index (χ0) is 8.84. The topological polar surface area (TPSA) is 32.7 Å². The number of aliphatic hydroxyl groups is 1.